The van der Waals surface area contributed by atoms with Gasteiger partial charge in [-0.15, -0.1) is 0 Å². The number of rotatable bonds is 23. The summed E-state index contributed by atoms with van der Waals surface area (Å²) in [6, 6.07) is 3.85. The second-order valence-electron chi connectivity index (χ2n) is 17.0. The average Bonchev–Trinajstić information content (AvgIpc) is 3.74. The van der Waals surface area contributed by atoms with Crippen molar-refractivity contribution in [1.82, 2.24) is 0 Å². The first-order valence-corrected chi connectivity index (χ1v) is 20.8. The molecule has 4 rings (SSSR count). The van der Waals surface area contributed by atoms with Gasteiger partial charge in [0.2, 0.25) is 0 Å². The Labute approximate surface area is 305 Å². The molecule has 0 spiro atoms. The molecule has 4 heteroatoms. The van der Waals surface area contributed by atoms with Gasteiger partial charge in [0.15, 0.2) is 0 Å². The second-order valence-corrected chi connectivity index (χ2v) is 17.0. The molecule has 0 amide bonds. The predicted octanol–water partition coefficient (Wildman–Crippen LogP) is 14.0. The van der Waals surface area contributed by atoms with Gasteiger partial charge in [0, 0.05) is 29.4 Å². The number of Topliss-reactive ketones (excluding diaryl/α,β-unsaturated/α-hetero) is 1. The third-order valence-corrected chi connectivity index (χ3v) is 11.9. The highest BCUT2D eigenvalue weighted by Crippen LogP contribution is 2.47. The van der Waals surface area contributed by atoms with Crippen molar-refractivity contribution in [1.29, 1.82) is 0 Å². The van der Waals surface area contributed by atoms with Crippen LogP contribution in [0.2, 0.25) is 0 Å². The average molecular weight is 689 g/mol. The molecule has 280 valence electrons. The van der Waals surface area contributed by atoms with Crippen molar-refractivity contribution in [2.45, 2.75) is 196 Å². The van der Waals surface area contributed by atoms with E-state index in [0.717, 1.165) is 98.4 Å². The number of aryl methyl sites for hydroxylation is 4. The number of ketones is 1. The molecule has 0 N–H and O–H groups in total. The van der Waals surface area contributed by atoms with Crippen molar-refractivity contribution in [2.24, 2.45) is 17.8 Å². The Morgan fingerprint density at radius 1 is 0.840 bits per heavy atom. The summed E-state index contributed by atoms with van der Waals surface area (Å²) in [5.41, 5.74) is 5.92. The SMILES string of the molecule is CCCCc1c(CCC(=O)C(CCCC)c2ccco2)oc2c(C)c(C)c3c(c12)CCC(C)(CCCC(C)CCCC(C)CCCC(C)C)O3. The lowest BCUT2D eigenvalue weighted by atomic mass is 9.83. The molecule has 0 radical (unpaired) electrons. The highest BCUT2D eigenvalue weighted by molar-refractivity contribution is 5.92. The minimum Gasteiger partial charge on any atom is -0.487 e. The molecule has 4 atom stereocenters. The number of ether oxygens (including phenoxy) is 1. The van der Waals surface area contributed by atoms with Crippen LogP contribution in [0.15, 0.2) is 27.2 Å². The largest absolute Gasteiger partial charge is 0.487 e. The minimum atomic E-state index is -0.174. The van der Waals surface area contributed by atoms with Gasteiger partial charge in [-0.05, 0) is 107 Å². The van der Waals surface area contributed by atoms with Gasteiger partial charge in [-0.25, -0.2) is 0 Å². The van der Waals surface area contributed by atoms with Crippen molar-refractivity contribution >= 4 is 16.8 Å². The molecule has 0 aliphatic carbocycles. The normalized spacial score (nSPS) is 18.0. The maximum absolute atomic E-state index is 13.6. The van der Waals surface area contributed by atoms with Crippen molar-refractivity contribution < 1.29 is 18.4 Å². The molecule has 1 aliphatic heterocycles. The molecule has 50 heavy (non-hydrogen) atoms. The van der Waals surface area contributed by atoms with Gasteiger partial charge in [0.1, 0.15) is 34.2 Å². The Kier molecular flexibility index (Phi) is 15.6. The van der Waals surface area contributed by atoms with Crippen LogP contribution in [0.25, 0.3) is 11.0 Å². The number of hydrogen-bond acceptors (Lipinski definition) is 4. The van der Waals surface area contributed by atoms with Crippen LogP contribution in [-0.2, 0) is 24.1 Å². The molecule has 4 nitrogen and oxygen atoms in total. The Hall–Kier alpha value is -2.49. The number of fused-ring (bicyclic) bond motifs is 3. The lowest BCUT2D eigenvalue weighted by molar-refractivity contribution is -0.121. The molecule has 1 aromatic carbocycles. The van der Waals surface area contributed by atoms with Crippen molar-refractivity contribution in [3.63, 3.8) is 0 Å². The van der Waals surface area contributed by atoms with Gasteiger partial charge in [-0.3, -0.25) is 4.79 Å². The van der Waals surface area contributed by atoms with Crippen LogP contribution in [-0.4, -0.2) is 11.4 Å². The first-order chi connectivity index (χ1) is 24.0. The van der Waals surface area contributed by atoms with Gasteiger partial charge in [-0.2, -0.15) is 0 Å². The van der Waals surface area contributed by atoms with E-state index in [0.29, 0.717) is 12.8 Å². The molecular weight excluding hydrogens is 617 g/mol. The summed E-state index contributed by atoms with van der Waals surface area (Å²) >= 11 is 0. The maximum Gasteiger partial charge on any atom is 0.143 e. The molecule has 0 fully saturated rings. The summed E-state index contributed by atoms with van der Waals surface area (Å²) in [6.45, 7) is 20.8. The lowest BCUT2D eigenvalue weighted by Gasteiger charge is -2.38. The number of hydrogen-bond donors (Lipinski definition) is 0. The number of carbonyl (C=O) groups is 1. The summed E-state index contributed by atoms with van der Waals surface area (Å²) < 4.78 is 19.5. The van der Waals surface area contributed by atoms with Crippen LogP contribution in [0.4, 0.5) is 0 Å². The van der Waals surface area contributed by atoms with E-state index in [2.05, 4.69) is 62.3 Å². The first-order valence-electron chi connectivity index (χ1n) is 20.8. The van der Waals surface area contributed by atoms with Gasteiger partial charge in [0.05, 0.1) is 12.2 Å². The third-order valence-electron chi connectivity index (χ3n) is 11.9. The molecule has 2 aromatic heterocycles. The van der Waals surface area contributed by atoms with E-state index >= 15 is 0 Å². The number of benzene rings is 1. The topological polar surface area (TPSA) is 52.6 Å². The Morgan fingerprint density at radius 3 is 2.16 bits per heavy atom. The fraction of sp³-hybridized carbons (Fsp3) is 0.717. The van der Waals surface area contributed by atoms with E-state index in [-0.39, 0.29) is 17.3 Å². The quantitative estimate of drug-likeness (QED) is 0.0995. The van der Waals surface area contributed by atoms with Gasteiger partial charge in [-0.1, -0.05) is 106 Å². The predicted molar refractivity (Wildman–Crippen MR) is 211 cm³/mol. The van der Waals surface area contributed by atoms with Crippen molar-refractivity contribution in [3.8, 4) is 5.75 Å². The van der Waals surface area contributed by atoms with Gasteiger partial charge >= 0.3 is 0 Å². The lowest BCUT2D eigenvalue weighted by Crippen LogP contribution is -2.37. The summed E-state index contributed by atoms with van der Waals surface area (Å²) in [4.78, 5) is 13.6. The number of carbonyl (C=O) groups excluding carboxylic acids is 1. The fourth-order valence-corrected chi connectivity index (χ4v) is 8.41. The molecule has 0 saturated heterocycles. The van der Waals surface area contributed by atoms with E-state index in [4.69, 9.17) is 13.6 Å². The van der Waals surface area contributed by atoms with Crippen LogP contribution in [0.5, 0.6) is 5.75 Å². The Bertz CT molecular complexity index is 1460. The van der Waals surface area contributed by atoms with Crippen LogP contribution >= 0.6 is 0 Å². The summed E-state index contributed by atoms with van der Waals surface area (Å²) in [6.07, 6.45) is 22.8. The summed E-state index contributed by atoms with van der Waals surface area (Å²) in [5, 5.41) is 1.28. The fourth-order valence-electron chi connectivity index (χ4n) is 8.41. The highest BCUT2D eigenvalue weighted by Gasteiger charge is 2.36. The molecule has 0 bridgehead atoms. The van der Waals surface area contributed by atoms with Gasteiger partial charge < -0.3 is 13.6 Å². The molecule has 0 saturated carbocycles. The highest BCUT2D eigenvalue weighted by atomic mass is 16.5. The molecule has 3 heterocycles. The Morgan fingerprint density at radius 2 is 1.52 bits per heavy atom. The van der Waals surface area contributed by atoms with Crippen molar-refractivity contribution in [3.05, 3.63) is 52.2 Å². The molecule has 4 unspecified atom stereocenters. The van der Waals surface area contributed by atoms with Crippen LogP contribution in [0, 0.1) is 31.6 Å². The van der Waals surface area contributed by atoms with Crippen LogP contribution in [0.1, 0.15) is 191 Å². The minimum absolute atomic E-state index is 0.134. The second kappa shape index (κ2) is 19.4. The standard InChI is InChI=1S/C46H72O4/c1-10-12-23-37(41-25-17-31-48-41)40(47)26-27-42-38(24-13-11-2)43-39-28-30-46(9,50-44(39)35(7)36(8)45(43)49-42)29-16-22-34(6)21-15-20-33(5)19-14-18-32(3)4/h17,25,31-34,37H,10-16,18-24,26-30H2,1-9H3. The summed E-state index contributed by atoms with van der Waals surface area (Å²) in [5.74, 6) is 5.45. The molecule has 3 aromatic rings. The first kappa shape index (κ1) is 40.3. The van der Waals surface area contributed by atoms with Crippen molar-refractivity contribution in [2.75, 3.05) is 0 Å². The van der Waals surface area contributed by atoms with E-state index in [1.807, 2.05) is 12.1 Å². The zero-order valence-electron chi connectivity index (χ0n) is 33.6. The third kappa shape index (κ3) is 10.8. The molecule has 1 aliphatic rings. The van der Waals surface area contributed by atoms with E-state index < -0.39 is 0 Å². The number of furan rings is 2. The van der Waals surface area contributed by atoms with Crippen LogP contribution in [0.3, 0.4) is 0 Å². The van der Waals surface area contributed by atoms with Crippen LogP contribution < -0.4 is 4.74 Å². The van der Waals surface area contributed by atoms with E-state index in [9.17, 15) is 4.79 Å². The zero-order chi connectivity index (χ0) is 36.3. The monoisotopic (exact) mass is 689 g/mol. The zero-order valence-corrected chi connectivity index (χ0v) is 33.6. The maximum atomic E-state index is 13.6. The number of unbranched alkanes of at least 4 members (excludes halogenated alkanes) is 2. The van der Waals surface area contributed by atoms with E-state index in [1.165, 1.54) is 79.0 Å². The molecular formula is C46H72O4. The summed E-state index contributed by atoms with van der Waals surface area (Å²) in [7, 11) is 0. The smallest absolute Gasteiger partial charge is 0.143 e. The Balaban J connectivity index is 1.43. The van der Waals surface area contributed by atoms with E-state index in [1.54, 1.807) is 6.26 Å². The van der Waals surface area contributed by atoms with Gasteiger partial charge in [0.25, 0.3) is 0 Å².